The maximum atomic E-state index is 11.6. The molecule has 2 rings (SSSR count). The summed E-state index contributed by atoms with van der Waals surface area (Å²) >= 11 is 0. The van der Waals surface area contributed by atoms with Gasteiger partial charge in [0.05, 0.1) is 10.6 Å². The topological polar surface area (TPSA) is 46.4 Å². The van der Waals surface area contributed by atoms with Gasteiger partial charge in [0.15, 0.2) is 0 Å². The molecule has 1 aliphatic heterocycles. The molecule has 0 aromatic heterocycles. The summed E-state index contributed by atoms with van der Waals surface area (Å²) in [6.45, 7) is 3.53. The molecule has 1 heterocycles. The van der Waals surface area contributed by atoms with Gasteiger partial charge in [0, 0.05) is 20.3 Å². The molecule has 0 radical (unpaired) electrons. The molecule has 1 aromatic rings. The van der Waals surface area contributed by atoms with E-state index in [1.54, 1.807) is 26.0 Å². The molecule has 4 heteroatoms. The van der Waals surface area contributed by atoms with Crippen molar-refractivity contribution >= 4 is 5.69 Å². The molecule has 4 nitrogen and oxygen atoms in total. The minimum atomic E-state index is -0.657. The van der Waals surface area contributed by atoms with E-state index in [4.69, 9.17) is 0 Å². The average molecular weight is 192 g/mol. The Bertz CT molecular complexity index is 387. The first-order chi connectivity index (χ1) is 6.52. The number of para-hydroxylation sites is 1. The Labute approximate surface area is 82.3 Å². The van der Waals surface area contributed by atoms with Crippen LogP contribution in [-0.4, -0.2) is 10.4 Å². The van der Waals surface area contributed by atoms with Gasteiger partial charge >= 0.3 is 0 Å². The lowest BCUT2D eigenvalue weighted by Crippen LogP contribution is -2.49. The number of anilines is 1. The van der Waals surface area contributed by atoms with E-state index >= 15 is 0 Å². The van der Waals surface area contributed by atoms with E-state index < -0.39 is 5.54 Å². The van der Waals surface area contributed by atoms with E-state index in [1.807, 2.05) is 12.1 Å². The van der Waals surface area contributed by atoms with E-state index in [-0.39, 0.29) is 0 Å². The highest BCUT2D eigenvalue weighted by Crippen LogP contribution is 2.32. The predicted molar refractivity (Wildman–Crippen MR) is 53.7 cm³/mol. The van der Waals surface area contributed by atoms with Crippen LogP contribution in [0.15, 0.2) is 24.3 Å². The summed E-state index contributed by atoms with van der Waals surface area (Å²) in [4.78, 5) is 12.0. The van der Waals surface area contributed by atoms with Crippen molar-refractivity contribution in [2.24, 2.45) is 0 Å². The summed E-state index contributed by atoms with van der Waals surface area (Å²) in [5.74, 6) is 0. The lowest BCUT2D eigenvalue weighted by molar-refractivity contribution is -0.628. The summed E-state index contributed by atoms with van der Waals surface area (Å²) in [5.41, 5.74) is 0.734. The largest absolute Gasteiger partial charge is 0.699 e. The fraction of sp³-hybridized carbons (Fsp3) is 0.400. The number of hydrogen-bond acceptors (Lipinski definition) is 2. The third-order valence-electron chi connectivity index (χ3n) is 2.50. The maximum Gasteiger partial charge on any atom is 0.241 e. The summed E-state index contributed by atoms with van der Waals surface area (Å²) in [6.07, 6.45) is 0.603. The second-order valence-corrected chi connectivity index (χ2v) is 4.16. The van der Waals surface area contributed by atoms with Crippen LogP contribution < -0.4 is 5.17 Å². The van der Waals surface area contributed by atoms with Crippen molar-refractivity contribution in [3.05, 3.63) is 39.9 Å². The van der Waals surface area contributed by atoms with E-state index in [0.29, 0.717) is 22.1 Å². The molecule has 0 aliphatic carbocycles. The molecule has 0 unspecified atom stereocenters. The zero-order chi connectivity index (χ0) is 10.3. The number of fused-ring (bicyclic) bond motifs is 1. The van der Waals surface area contributed by atoms with Crippen LogP contribution in [0.3, 0.4) is 0 Å². The standard InChI is InChI=1S/C10H12N2O2/c1-10(2)7-8-5-3-4-6-9(8)11(13)12(10)14/h3-6H,7H2,1-2H3. The first-order valence-corrected chi connectivity index (χ1v) is 4.55. The molecule has 0 atom stereocenters. The SMILES string of the molecule is CC1(C)Cc2ccccc2N([O-])[N+]1=O. The molecule has 0 bridgehead atoms. The molecule has 0 saturated carbocycles. The second kappa shape index (κ2) is 2.78. The summed E-state index contributed by atoms with van der Waals surface area (Å²) in [5, 5.41) is 12.0. The highest BCUT2D eigenvalue weighted by molar-refractivity contribution is 5.53. The van der Waals surface area contributed by atoms with E-state index in [2.05, 4.69) is 0 Å². The van der Waals surface area contributed by atoms with Crippen molar-refractivity contribution in [2.45, 2.75) is 25.8 Å². The highest BCUT2D eigenvalue weighted by Gasteiger charge is 2.43. The summed E-state index contributed by atoms with van der Waals surface area (Å²) in [7, 11) is 0. The zero-order valence-corrected chi connectivity index (χ0v) is 8.23. The van der Waals surface area contributed by atoms with Crippen molar-refractivity contribution in [3.63, 3.8) is 0 Å². The van der Waals surface area contributed by atoms with E-state index in [1.165, 1.54) is 0 Å². The minimum Gasteiger partial charge on any atom is -0.699 e. The molecular weight excluding hydrogens is 180 g/mol. The Morgan fingerprint density at radius 1 is 1.43 bits per heavy atom. The van der Waals surface area contributed by atoms with Crippen LogP contribution in [0.1, 0.15) is 19.4 Å². The molecule has 0 saturated heterocycles. The smallest absolute Gasteiger partial charge is 0.241 e. The van der Waals surface area contributed by atoms with Crippen LogP contribution in [-0.2, 0) is 6.42 Å². The van der Waals surface area contributed by atoms with Crippen molar-refractivity contribution in [1.29, 1.82) is 0 Å². The van der Waals surface area contributed by atoms with Gasteiger partial charge in [0.2, 0.25) is 5.54 Å². The average Bonchev–Trinajstić information content (AvgIpc) is 2.14. The maximum absolute atomic E-state index is 11.6. The van der Waals surface area contributed by atoms with Crippen molar-refractivity contribution in [2.75, 3.05) is 5.17 Å². The molecular formula is C10H12N2O2. The Hall–Kier alpha value is -1.42. The third-order valence-corrected chi connectivity index (χ3v) is 2.50. The van der Waals surface area contributed by atoms with Crippen LogP contribution in [0.25, 0.3) is 0 Å². The molecule has 0 N–H and O–H groups in total. The van der Waals surface area contributed by atoms with Crippen molar-refractivity contribution in [3.8, 4) is 0 Å². The van der Waals surface area contributed by atoms with Crippen LogP contribution in [0.2, 0.25) is 0 Å². The van der Waals surface area contributed by atoms with E-state index in [9.17, 15) is 10.1 Å². The molecule has 0 fully saturated rings. The summed E-state index contributed by atoms with van der Waals surface area (Å²) in [6, 6.07) is 7.19. The van der Waals surface area contributed by atoms with Crippen molar-refractivity contribution in [1.82, 2.24) is 0 Å². The fourth-order valence-electron chi connectivity index (χ4n) is 1.72. The lowest BCUT2D eigenvalue weighted by Gasteiger charge is -2.33. The molecule has 1 aromatic carbocycles. The van der Waals surface area contributed by atoms with Gasteiger partial charge in [-0.2, -0.15) is 5.17 Å². The number of rotatable bonds is 0. The van der Waals surface area contributed by atoms with Gasteiger partial charge in [-0.15, -0.1) is 0 Å². The van der Waals surface area contributed by atoms with Gasteiger partial charge in [-0.05, 0) is 11.6 Å². The second-order valence-electron chi connectivity index (χ2n) is 4.16. The predicted octanol–water partition coefficient (Wildman–Crippen LogP) is 2.02. The number of hydrazine groups is 1. The number of nitrogens with zero attached hydrogens (tertiary/aromatic N) is 2. The molecule has 74 valence electrons. The first kappa shape index (κ1) is 9.15. The fourth-order valence-corrected chi connectivity index (χ4v) is 1.72. The Kier molecular flexibility index (Phi) is 1.82. The molecule has 14 heavy (non-hydrogen) atoms. The Morgan fingerprint density at radius 2 is 2.07 bits per heavy atom. The Morgan fingerprint density at radius 3 is 2.79 bits per heavy atom. The molecule has 0 amide bonds. The monoisotopic (exact) mass is 192 g/mol. The zero-order valence-electron chi connectivity index (χ0n) is 8.23. The normalized spacial score (nSPS) is 19.4. The number of hydrogen-bond donors (Lipinski definition) is 0. The van der Waals surface area contributed by atoms with Crippen LogP contribution >= 0.6 is 0 Å². The van der Waals surface area contributed by atoms with Gasteiger partial charge < -0.3 is 5.21 Å². The number of benzene rings is 1. The van der Waals surface area contributed by atoms with Crippen LogP contribution in [0.4, 0.5) is 5.69 Å². The first-order valence-electron chi connectivity index (χ1n) is 4.55. The quantitative estimate of drug-likeness (QED) is 0.591. The van der Waals surface area contributed by atoms with Gasteiger partial charge in [-0.25, -0.2) is 0 Å². The number of nitroso groups, excluding NO2 is 1. The van der Waals surface area contributed by atoms with Gasteiger partial charge in [-0.1, -0.05) is 18.2 Å². The third kappa shape index (κ3) is 1.19. The van der Waals surface area contributed by atoms with Gasteiger partial charge in [0.1, 0.15) is 4.87 Å². The van der Waals surface area contributed by atoms with E-state index in [0.717, 1.165) is 5.56 Å². The van der Waals surface area contributed by atoms with Gasteiger partial charge in [-0.3, -0.25) is 0 Å². The Balaban J connectivity index is 2.53. The van der Waals surface area contributed by atoms with Crippen LogP contribution in [0.5, 0.6) is 0 Å². The summed E-state index contributed by atoms with van der Waals surface area (Å²) < 4.78 is 0. The highest BCUT2D eigenvalue weighted by atomic mass is 16.6. The lowest BCUT2D eigenvalue weighted by atomic mass is 9.92. The molecule has 1 aliphatic rings. The molecule has 0 spiro atoms. The van der Waals surface area contributed by atoms with Gasteiger partial charge in [0.25, 0.3) is 0 Å². The van der Waals surface area contributed by atoms with Crippen molar-refractivity contribution < 1.29 is 4.87 Å². The minimum absolute atomic E-state index is 0.429. The van der Waals surface area contributed by atoms with Crippen LogP contribution in [0, 0.1) is 10.1 Å².